The maximum atomic E-state index is 12.2. The first kappa shape index (κ1) is 15.1. The second-order valence-corrected chi connectivity index (χ2v) is 5.64. The Hall–Kier alpha value is -3.48. The Labute approximate surface area is 142 Å². The first-order valence-electron chi connectivity index (χ1n) is 7.70. The molecule has 3 heterocycles. The standard InChI is InChI=1S/C18H14N4O3/c1-11-9-14(23)16(17(24)25-11)13-7-8-19-18-20-15(21-22(13)18)10-12-5-3-2-4-6-12/h2-9,23H,10H2,1H3. The van der Waals surface area contributed by atoms with E-state index >= 15 is 0 Å². The van der Waals surface area contributed by atoms with E-state index < -0.39 is 5.63 Å². The maximum Gasteiger partial charge on any atom is 0.349 e. The SMILES string of the molecule is Cc1cc(O)c(-c2ccnc3nc(Cc4ccccc4)nn23)c(=O)o1. The number of hydrogen-bond acceptors (Lipinski definition) is 6. The van der Waals surface area contributed by atoms with Crippen LogP contribution in [0.3, 0.4) is 0 Å². The van der Waals surface area contributed by atoms with Crippen molar-refractivity contribution in [3.05, 3.63) is 76.2 Å². The van der Waals surface area contributed by atoms with Crippen LogP contribution in [-0.2, 0) is 6.42 Å². The van der Waals surface area contributed by atoms with Gasteiger partial charge in [-0.15, -0.1) is 5.10 Å². The third kappa shape index (κ3) is 2.76. The molecule has 0 atom stereocenters. The molecule has 0 saturated heterocycles. The molecule has 0 aliphatic carbocycles. The quantitative estimate of drug-likeness (QED) is 0.618. The van der Waals surface area contributed by atoms with Gasteiger partial charge in [0.1, 0.15) is 17.1 Å². The summed E-state index contributed by atoms with van der Waals surface area (Å²) in [5, 5.41) is 14.6. The van der Waals surface area contributed by atoms with Gasteiger partial charge in [-0.1, -0.05) is 30.3 Å². The Morgan fingerprint density at radius 1 is 1.20 bits per heavy atom. The molecule has 0 bridgehead atoms. The van der Waals surface area contributed by atoms with Crippen molar-refractivity contribution >= 4 is 5.78 Å². The lowest BCUT2D eigenvalue weighted by Gasteiger charge is -2.05. The highest BCUT2D eigenvalue weighted by Gasteiger charge is 2.17. The van der Waals surface area contributed by atoms with E-state index in [1.54, 1.807) is 13.0 Å². The third-order valence-corrected chi connectivity index (χ3v) is 3.80. The van der Waals surface area contributed by atoms with Gasteiger partial charge in [0.25, 0.3) is 5.78 Å². The summed E-state index contributed by atoms with van der Waals surface area (Å²) in [4.78, 5) is 20.8. The van der Waals surface area contributed by atoms with Crippen molar-refractivity contribution in [2.45, 2.75) is 13.3 Å². The van der Waals surface area contributed by atoms with Gasteiger partial charge in [0.15, 0.2) is 5.82 Å². The smallest absolute Gasteiger partial charge is 0.349 e. The molecular formula is C18H14N4O3. The second-order valence-electron chi connectivity index (χ2n) is 5.64. The molecule has 1 N–H and O–H groups in total. The number of aromatic hydroxyl groups is 1. The zero-order valence-electron chi connectivity index (χ0n) is 13.4. The van der Waals surface area contributed by atoms with Crippen LogP contribution in [0.5, 0.6) is 5.75 Å². The van der Waals surface area contributed by atoms with Gasteiger partial charge >= 0.3 is 5.63 Å². The Balaban J connectivity index is 1.85. The van der Waals surface area contributed by atoms with Crippen molar-refractivity contribution in [3.8, 4) is 17.0 Å². The predicted octanol–water partition coefficient (Wildman–Crippen LogP) is 2.35. The van der Waals surface area contributed by atoms with E-state index in [9.17, 15) is 9.90 Å². The van der Waals surface area contributed by atoms with E-state index in [4.69, 9.17) is 4.42 Å². The lowest BCUT2D eigenvalue weighted by Crippen LogP contribution is -2.08. The number of aromatic nitrogens is 4. The minimum atomic E-state index is -0.634. The molecule has 0 unspecified atom stereocenters. The Bertz CT molecular complexity index is 1120. The van der Waals surface area contributed by atoms with Gasteiger partial charge in [0, 0.05) is 18.7 Å². The lowest BCUT2D eigenvalue weighted by atomic mass is 10.1. The predicted molar refractivity (Wildman–Crippen MR) is 90.4 cm³/mol. The van der Waals surface area contributed by atoms with E-state index in [0.29, 0.717) is 29.5 Å². The van der Waals surface area contributed by atoms with Crippen molar-refractivity contribution in [2.24, 2.45) is 0 Å². The van der Waals surface area contributed by atoms with Crippen LogP contribution in [0, 0.1) is 6.92 Å². The number of nitrogens with zero attached hydrogens (tertiary/aromatic N) is 4. The van der Waals surface area contributed by atoms with Gasteiger partial charge in [-0.3, -0.25) is 0 Å². The Kier molecular flexibility index (Phi) is 3.53. The fourth-order valence-corrected chi connectivity index (χ4v) is 2.71. The van der Waals surface area contributed by atoms with E-state index in [2.05, 4.69) is 15.1 Å². The van der Waals surface area contributed by atoms with Gasteiger partial charge < -0.3 is 9.52 Å². The minimum Gasteiger partial charge on any atom is -0.507 e. The van der Waals surface area contributed by atoms with Crippen molar-refractivity contribution in [2.75, 3.05) is 0 Å². The largest absolute Gasteiger partial charge is 0.507 e. The average Bonchev–Trinajstić information content (AvgIpc) is 2.98. The molecule has 4 rings (SSSR count). The number of rotatable bonds is 3. The first-order valence-corrected chi connectivity index (χ1v) is 7.70. The maximum absolute atomic E-state index is 12.2. The van der Waals surface area contributed by atoms with E-state index in [-0.39, 0.29) is 11.3 Å². The Morgan fingerprint density at radius 2 is 2.00 bits per heavy atom. The molecule has 0 saturated carbocycles. The summed E-state index contributed by atoms with van der Waals surface area (Å²) in [6, 6.07) is 12.8. The first-order chi connectivity index (χ1) is 12.1. The van der Waals surface area contributed by atoms with Crippen molar-refractivity contribution in [3.63, 3.8) is 0 Å². The Morgan fingerprint density at radius 3 is 2.76 bits per heavy atom. The van der Waals surface area contributed by atoms with Crippen molar-refractivity contribution < 1.29 is 9.52 Å². The zero-order valence-corrected chi connectivity index (χ0v) is 13.4. The summed E-state index contributed by atoms with van der Waals surface area (Å²) in [6.07, 6.45) is 2.06. The van der Waals surface area contributed by atoms with Gasteiger partial charge in [0.2, 0.25) is 0 Å². The molecule has 7 nitrogen and oxygen atoms in total. The van der Waals surface area contributed by atoms with Crippen LogP contribution in [0.25, 0.3) is 17.0 Å². The van der Waals surface area contributed by atoms with E-state index in [1.807, 2.05) is 30.3 Å². The van der Waals surface area contributed by atoms with Crippen LogP contribution < -0.4 is 5.63 Å². The van der Waals surface area contributed by atoms with E-state index in [1.165, 1.54) is 16.8 Å². The zero-order chi connectivity index (χ0) is 17.4. The fourth-order valence-electron chi connectivity index (χ4n) is 2.71. The third-order valence-electron chi connectivity index (χ3n) is 3.80. The topological polar surface area (TPSA) is 93.5 Å². The normalized spacial score (nSPS) is 11.1. The fraction of sp³-hybridized carbons (Fsp3) is 0.111. The van der Waals surface area contributed by atoms with Crippen molar-refractivity contribution in [1.82, 2.24) is 19.6 Å². The summed E-state index contributed by atoms with van der Waals surface area (Å²) in [5.41, 5.74) is 0.847. The highest BCUT2D eigenvalue weighted by Crippen LogP contribution is 2.26. The van der Waals surface area contributed by atoms with Crippen LogP contribution in [0.4, 0.5) is 0 Å². The molecule has 3 aromatic heterocycles. The summed E-state index contributed by atoms with van der Waals surface area (Å²) >= 11 is 0. The van der Waals surface area contributed by atoms with Gasteiger partial charge in [-0.25, -0.2) is 9.78 Å². The molecule has 0 fully saturated rings. The molecule has 0 amide bonds. The van der Waals surface area contributed by atoms with Crippen LogP contribution in [-0.4, -0.2) is 24.7 Å². The van der Waals surface area contributed by atoms with Crippen LogP contribution in [0.2, 0.25) is 0 Å². The average molecular weight is 334 g/mol. The molecular weight excluding hydrogens is 320 g/mol. The van der Waals surface area contributed by atoms with Crippen LogP contribution in [0.15, 0.2) is 57.9 Å². The van der Waals surface area contributed by atoms with Crippen molar-refractivity contribution in [1.29, 1.82) is 0 Å². The second kappa shape index (κ2) is 5.86. The monoisotopic (exact) mass is 334 g/mol. The van der Waals surface area contributed by atoms with Gasteiger partial charge in [-0.05, 0) is 18.6 Å². The molecule has 0 aliphatic heterocycles. The highest BCUT2D eigenvalue weighted by molar-refractivity contribution is 5.66. The van der Waals surface area contributed by atoms with Crippen LogP contribution in [0.1, 0.15) is 17.1 Å². The summed E-state index contributed by atoms with van der Waals surface area (Å²) < 4.78 is 6.54. The van der Waals surface area contributed by atoms with Crippen LogP contribution >= 0.6 is 0 Å². The number of hydrogen-bond donors (Lipinski definition) is 1. The molecule has 25 heavy (non-hydrogen) atoms. The highest BCUT2D eigenvalue weighted by atomic mass is 16.4. The summed E-state index contributed by atoms with van der Waals surface area (Å²) in [5.74, 6) is 1.09. The molecule has 0 spiro atoms. The molecule has 0 radical (unpaired) electrons. The molecule has 124 valence electrons. The number of fused-ring (bicyclic) bond motifs is 1. The molecule has 0 aliphatic rings. The number of aryl methyl sites for hydroxylation is 1. The molecule has 7 heteroatoms. The summed E-state index contributed by atoms with van der Waals surface area (Å²) in [7, 11) is 0. The molecule has 1 aromatic carbocycles. The lowest BCUT2D eigenvalue weighted by molar-refractivity contribution is 0.437. The minimum absolute atomic E-state index is 0.0363. The van der Waals surface area contributed by atoms with E-state index in [0.717, 1.165) is 5.56 Å². The summed E-state index contributed by atoms with van der Waals surface area (Å²) in [6.45, 7) is 1.60. The van der Waals surface area contributed by atoms with Gasteiger partial charge in [0.05, 0.1) is 5.69 Å². The number of benzene rings is 1. The molecule has 4 aromatic rings. The van der Waals surface area contributed by atoms with Gasteiger partial charge in [-0.2, -0.15) is 9.50 Å².